The van der Waals surface area contributed by atoms with E-state index in [4.69, 9.17) is 20.9 Å². The standard InChI is InChI=1S/C24H27ClN4O3/c1-18-8-10-19(11-9-18)24-26-22(32-27-24)7-4-12-28-13-15-29(16-14-28)23(30)17-31-21-6-3-2-5-20(21)25/h2-3,5-6,8-11H,4,7,12-17H2,1H3. The maximum absolute atomic E-state index is 12.4. The second-order valence-electron chi connectivity index (χ2n) is 7.92. The smallest absolute Gasteiger partial charge is 0.260 e. The van der Waals surface area contributed by atoms with Crippen LogP contribution in [0.4, 0.5) is 0 Å². The number of nitrogens with zero attached hydrogens (tertiary/aromatic N) is 4. The van der Waals surface area contributed by atoms with E-state index in [-0.39, 0.29) is 12.5 Å². The third-order valence-corrected chi connectivity index (χ3v) is 5.87. The molecule has 0 spiro atoms. The molecule has 2 aromatic carbocycles. The van der Waals surface area contributed by atoms with Crippen LogP contribution in [0.5, 0.6) is 5.75 Å². The molecule has 1 saturated heterocycles. The number of piperazine rings is 1. The SMILES string of the molecule is Cc1ccc(-c2noc(CCCN3CCN(C(=O)COc4ccccc4Cl)CC3)n2)cc1. The molecule has 8 heteroatoms. The minimum absolute atomic E-state index is 0.00418. The number of hydrogen-bond donors (Lipinski definition) is 0. The van der Waals surface area contributed by atoms with Crippen LogP contribution in [0.3, 0.4) is 0 Å². The molecule has 3 aromatic rings. The van der Waals surface area contributed by atoms with Gasteiger partial charge in [0.15, 0.2) is 6.61 Å². The van der Waals surface area contributed by atoms with Gasteiger partial charge in [-0.3, -0.25) is 9.69 Å². The van der Waals surface area contributed by atoms with Crippen LogP contribution in [0.1, 0.15) is 17.9 Å². The third kappa shape index (κ3) is 5.87. The number of rotatable bonds is 8. The lowest BCUT2D eigenvalue weighted by Gasteiger charge is -2.34. The van der Waals surface area contributed by atoms with Crippen LogP contribution in [0.15, 0.2) is 53.1 Å². The van der Waals surface area contributed by atoms with Crippen molar-refractivity contribution in [2.75, 3.05) is 39.3 Å². The van der Waals surface area contributed by atoms with Crippen molar-refractivity contribution in [2.24, 2.45) is 0 Å². The fraction of sp³-hybridized carbons (Fsp3) is 0.375. The second-order valence-corrected chi connectivity index (χ2v) is 8.33. The normalized spacial score (nSPS) is 14.5. The van der Waals surface area contributed by atoms with E-state index in [2.05, 4.69) is 22.0 Å². The molecule has 4 rings (SSSR count). The Kier molecular flexibility index (Phi) is 7.39. The van der Waals surface area contributed by atoms with Crippen molar-refractivity contribution >= 4 is 17.5 Å². The fourth-order valence-electron chi connectivity index (χ4n) is 3.64. The van der Waals surface area contributed by atoms with Crippen molar-refractivity contribution in [3.63, 3.8) is 0 Å². The molecule has 0 unspecified atom stereocenters. The Labute approximate surface area is 192 Å². The molecular formula is C24H27ClN4O3. The zero-order valence-corrected chi connectivity index (χ0v) is 18.9. The summed E-state index contributed by atoms with van der Waals surface area (Å²) < 4.78 is 11.0. The molecule has 2 heterocycles. The molecule has 0 atom stereocenters. The number of ether oxygens (including phenoxy) is 1. The lowest BCUT2D eigenvalue weighted by atomic mass is 10.1. The summed E-state index contributed by atoms with van der Waals surface area (Å²) >= 11 is 6.07. The summed E-state index contributed by atoms with van der Waals surface area (Å²) in [5.74, 6) is 1.81. The van der Waals surface area contributed by atoms with E-state index in [9.17, 15) is 4.79 Å². The van der Waals surface area contributed by atoms with Gasteiger partial charge in [0.1, 0.15) is 5.75 Å². The summed E-state index contributed by atoms with van der Waals surface area (Å²) in [7, 11) is 0. The van der Waals surface area contributed by atoms with E-state index in [1.54, 1.807) is 12.1 Å². The maximum atomic E-state index is 12.4. The van der Waals surface area contributed by atoms with Gasteiger partial charge >= 0.3 is 0 Å². The van der Waals surface area contributed by atoms with Crippen molar-refractivity contribution in [3.8, 4) is 17.1 Å². The number of halogens is 1. The predicted molar refractivity (Wildman–Crippen MR) is 123 cm³/mol. The van der Waals surface area contributed by atoms with Crippen LogP contribution < -0.4 is 4.74 Å². The molecule has 0 aliphatic carbocycles. The molecule has 7 nitrogen and oxygen atoms in total. The van der Waals surface area contributed by atoms with Crippen molar-refractivity contribution in [1.82, 2.24) is 19.9 Å². The van der Waals surface area contributed by atoms with Crippen molar-refractivity contribution < 1.29 is 14.1 Å². The van der Waals surface area contributed by atoms with E-state index in [1.807, 2.05) is 41.3 Å². The number of aromatic nitrogens is 2. The second kappa shape index (κ2) is 10.6. The van der Waals surface area contributed by atoms with Gasteiger partial charge in [-0.1, -0.05) is 58.7 Å². The van der Waals surface area contributed by atoms with Gasteiger partial charge in [-0.05, 0) is 32.0 Å². The third-order valence-electron chi connectivity index (χ3n) is 5.56. The Balaban J connectivity index is 1.16. The molecule has 0 bridgehead atoms. The zero-order chi connectivity index (χ0) is 22.3. The summed E-state index contributed by atoms with van der Waals surface area (Å²) in [6.07, 6.45) is 1.67. The van der Waals surface area contributed by atoms with E-state index in [1.165, 1.54) is 5.56 Å². The van der Waals surface area contributed by atoms with Crippen LogP contribution in [0, 0.1) is 6.92 Å². The molecule has 168 valence electrons. The van der Waals surface area contributed by atoms with Gasteiger partial charge in [-0.15, -0.1) is 0 Å². The van der Waals surface area contributed by atoms with Crippen molar-refractivity contribution in [3.05, 3.63) is 65.0 Å². The average Bonchev–Trinajstić information content (AvgIpc) is 3.28. The summed E-state index contributed by atoms with van der Waals surface area (Å²) in [5, 5.41) is 4.60. The topological polar surface area (TPSA) is 71.7 Å². The molecule has 1 aliphatic rings. The molecule has 1 amide bonds. The predicted octanol–water partition coefficient (Wildman–Crippen LogP) is 3.85. The first-order valence-corrected chi connectivity index (χ1v) is 11.2. The van der Waals surface area contributed by atoms with Crippen molar-refractivity contribution in [2.45, 2.75) is 19.8 Å². The first kappa shape index (κ1) is 22.3. The number of carbonyl (C=O) groups excluding carboxylic acids is 1. The van der Waals surface area contributed by atoms with E-state index in [0.717, 1.165) is 38.0 Å². The molecule has 0 saturated carbocycles. The Bertz CT molecular complexity index is 1030. The monoisotopic (exact) mass is 454 g/mol. The number of aryl methyl sites for hydroxylation is 2. The first-order valence-electron chi connectivity index (χ1n) is 10.9. The molecule has 1 fully saturated rings. The highest BCUT2D eigenvalue weighted by atomic mass is 35.5. The number of benzene rings is 2. The van der Waals surface area contributed by atoms with Gasteiger partial charge in [-0.25, -0.2) is 0 Å². The Morgan fingerprint density at radius 2 is 1.84 bits per heavy atom. The molecule has 0 radical (unpaired) electrons. The molecule has 0 N–H and O–H groups in total. The maximum Gasteiger partial charge on any atom is 0.260 e. The highest BCUT2D eigenvalue weighted by Gasteiger charge is 2.21. The Morgan fingerprint density at radius 1 is 1.09 bits per heavy atom. The summed E-state index contributed by atoms with van der Waals surface area (Å²) in [5.41, 5.74) is 2.16. The molecule has 32 heavy (non-hydrogen) atoms. The van der Waals surface area contributed by atoms with Gasteiger partial charge in [-0.2, -0.15) is 4.98 Å². The van der Waals surface area contributed by atoms with Gasteiger partial charge in [0.2, 0.25) is 11.7 Å². The molecule has 1 aromatic heterocycles. The number of hydrogen-bond acceptors (Lipinski definition) is 6. The highest BCUT2D eigenvalue weighted by Crippen LogP contribution is 2.23. The lowest BCUT2D eigenvalue weighted by molar-refractivity contribution is -0.135. The van der Waals surface area contributed by atoms with Gasteiger partial charge in [0.05, 0.1) is 5.02 Å². The minimum atomic E-state index is -0.0148. The molecular weight excluding hydrogens is 428 g/mol. The van der Waals surface area contributed by atoms with E-state index in [0.29, 0.717) is 35.6 Å². The zero-order valence-electron chi connectivity index (χ0n) is 18.2. The van der Waals surface area contributed by atoms with Gasteiger partial charge < -0.3 is 14.2 Å². The molecule has 1 aliphatic heterocycles. The quantitative estimate of drug-likeness (QED) is 0.514. The van der Waals surface area contributed by atoms with Crippen LogP contribution in [0.2, 0.25) is 5.02 Å². The first-order chi connectivity index (χ1) is 15.6. The van der Waals surface area contributed by atoms with Crippen LogP contribution >= 0.6 is 11.6 Å². The van der Waals surface area contributed by atoms with Crippen LogP contribution in [-0.4, -0.2) is 65.2 Å². The van der Waals surface area contributed by atoms with Gasteiger partial charge in [0.25, 0.3) is 5.91 Å². The summed E-state index contributed by atoms with van der Waals surface area (Å²) in [6.45, 7) is 6.07. The summed E-state index contributed by atoms with van der Waals surface area (Å²) in [6, 6.07) is 15.3. The Hall–Kier alpha value is -2.90. The van der Waals surface area contributed by atoms with Crippen molar-refractivity contribution in [1.29, 1.82) is 0 Å². The van der Waals surface area contributed by atoms with Crippen LogP contribution in [0.25, 0.3) is 11.4 Å². The van der Waals surface area contributed by atoms with E-state index >= 15 is 0 Å². The largest absolute Gasteiger partial charge is 0.482 e. The summed E-state index contributed by atoms with van der Waals surface area (Å²) in [4.78, 5) is 21.1. The Morgan fingerprint density at radius 3 is 2.59 bits per heavy atom. The number of para-hydroxylation sites is 1. The average molecular weight is 455 g/mol. The number of amides is 1. The fourth-order valence-corrected chi connectivity index (χ4v) is 3.83. The number of carbonyl (C=O) groups is 1. The minimum Gasteiger partial charge on any atom is -0.482 e. The lowest BCUT2D eigenvalue weighted by Crippen LogP contribution is -2.50. The van der Waals surface area contributed by atoms with E-state index < -0.39 is 0 Å². The highest BCUT2D eigenvalue weighted by molar-refractivity contribution is 6.32. The van der Waals surface area contributed by atoms with Crippen LogP contribution in [-0.2, 0) is 11.2 Å². The van der Waals surface area contributed by atoms with Gasteiger partial charge in [0, 0.05) is 38.2 Å².